The first kappa shape index (κ1) is 13.8. The fourth-order valence-electron chi connectivity index (χ4n) is 1.32. The highest BCUT2D eigenvalue weighted by atomic mass is 79.9. The molecule has 0 radical (unpaired) electrons. The lowest BCUT2D eigenvalue weighted by Crippen LogP contribution is -2.21. The molecule has 0 bridgehead atoms. The molecule has 0 aromatic heterocycles. The first-order chi connectivity index (χ1) is 7.56. The normalized spacial score (nSPS) is 10.2. The van der Waals surface area contributed by atoms with Crippen molar-refractivity contribution in [2.24, 2.45) is 5.73 Å². The van der Waals surface area contributed by atoms with Gasteiger partial charge in [0, 0.05) is 29.4 Å². The molecule has 5 heteroatoms. The summed E-state index contributed by atoms with van der Waals surface area (Å²) in [4.78, 5) is 2.64. The monoisotopic (exact) mass is 318 g/mol. The topological polar surface area (TPSA) is 29.3 Å². The molecular formula is C11H15BrN2S2. The zero-order valence-corrected chi connectivity index (χ0v) is 12.6. The molecule has 1 aromatic carbocycles. The summed E-state index contributed by atoms with van der Waals surface area (Å²) in [6, 6.07) is 5.96. The molecule has 0 spiro atoms. The van der Waals surface area contributed by atoms with Crippen molar-refractivity contribution in [3.63, 3.8) is 0 Å². The number of benzene rings is 1. The summed E-state index contributed by atoms with van der Waals surface area (Å²) in [5.74, 6) is 1.11. The van der Waals surface area contributed by atoms with Crippen LogP contribution >= 0.6 is 39.9 Å². The van der Waals surface area contributed by atoms with Crippen LogP contribution in [0.15, 0.2) is 22.7 Å². The van der Waals surface area contributed by atoms with Crippen molar-refractivity contribution in [3.05, 3.63) is 28.2 Å². The van der Waals surface area contributed by atoms with Gasteiger partial charge in [0.2, 0.25) is 0 Å². The maximum Gasteiger partial charge on any atom is 0.104 e. The maximum atomic E-state index is 5.58. The molecule has 88 valence electrons. The molecule has 0 aliphatic heterocycles. The summed E-state index contributed by atoms with van der Waals surface area (Å²) in [6.45, 7) is 1.02. The molecule has 2 nitrogen and oxygen atoms in total. The predicted octanol–water partition coefficient (Wildman–Crippen LogP) is 2.88. The van der Waals surface area contributed by atoms with Crippen LogP contribution in [0.1, 0.15) is 5.56 Å². The van der Waals surface area contributed by atoms with E-state index in [1.54, 1.807) is 0 Å². The van der Waals surface area contributed by atoms with Crippen molar-refractivity contribution in [3.8, 4) is 0 Å². The van der Waals surface area contributed by atoms with E-state index in [4.69, 9.17) is 18.0 Å². The molecule has 0 atom stereocenters. The van der Waals surface area contributed by atoms with Gasteiger partial charge in [0.1, 0.15) is 4.99 Å². The number of nitrogens with two attached hydrogens (primary N) is 1. The molecule has 0 fully saturated rings. The number of nitrogens with zero attached hydrogens (tertiary/aromatic N) is 1. The van der Waals surface area contributed by atoms with E-state index in [9.17, 15) is 0 Å². The summed E-state index contributed by atoms with van der Waals surface area (Å²) in [5.41, 5.74) is 7.64. The van der Waals surface area contributed by atoms with Crippen molar-refractivity contribution < 1.29 is 0 Å². The number of anilines is 1. The van der Waals surface area contributed by atoms with Crippen LogP contribution in [0.3, 0.4) is 0 Å². The summed E-state index contributed by atoms with van der Waals surface area (Å²) < 4.78 is 1.03. The van der Waals surface area contributed by atoms with Gasteiger partial charge in [-0.1, -0.05) is 12.2 Å². The second-order valence-corrected chi connectivity index (χ2v) is 5.72. The number of rotatable bonds is 5. The lowest BCUT2D eigenvalue weighted by molar-refractivity contribution is 0.974. The second-order valence-electron chi connectivity index (χ2n) is 3.44. The number of thioether (sulfide) groups is 1. The van der Waals surface area contributed by atoms with Crippen molar-refractivity contribution in [1.82, 2.24) is 0 Å². The van der Waals surface area contributed by atoms with Gasteiger partial charge >= 0.3 is 0 Å². The Morgan fingerprint density at radius 3 is 2.75 bits per heavy atom. The molecule has 2 N–H and O–H groups in total. The SMILES string of the molecule is CSCCN(C)c1ccc(C(N)=S)cc1Br. The average Bonchev–Trinajstić information content (AvgIpc) is 2.25. The van der Waals surface area contributed by atoms with E-state index >= 15 is 0 Å². The molecular weight excluding hydrogens is 304 g/mol. The van der Waals surface area contributed by atoms with Crippen LogP contribution in [-0.4, -0.2) is 30.6 Å². The van der Waals surface area contributed by atoms with Crippen LogP contribution in [0, 0.1) is 0 Å². The molecule has 1 aromatic rings. The van der Waals surface area contributed by atoms with E-state index in [0.29, 0.717) is 4.99 Å². The number of thiocarbonyl (C=S) groups is 1. The number of hydrogen-bond donors (Lipinski definition) is 1. The number of hydrogen-bond acceptors (Lipinski definition) is 3. The van der Waals surface area contributed by atoms with Crippen molar-refractivity contribution >= 4 is 50.6 Å². The highest BCUT2D eigenvalue weighted by Crippen LogP contribution is 2.26. The fraction of sp³-hybridized carbons (Fsp3) is 0.364. The highest BCUT2D eigenvalue weighted by Gasteiger charge is 2.07. The average molecular weight is 319 g/mol. The minimum atomic E-state index is 0.430. The van der Waals surface area contributed by atoms with Gasteiger partial charge in [-0.2, -0.15) is 11.8 Å². The van der Waals surface area contributed by atoms with E-state index < -0.39 is 0 Å². The Bertz CT molecular complexity index is 382. The molecule has 0 saturated heterocycles. The van der Waals surface area contributed by atoms with Crippen LogP contribution in [0.2, 0.25) is 0 Å². The van der Waals surface area contributed by atoms with Gasteiger partial charge in [0.15, 0.2) is 0 Å². The van der Waals surface area contributed by atoms with Crippen molar-refractivity contribution in [1.29, 1.82) is 0 Å². The van der Waals surface area contributed by atoms with E-state index in [-0.39, 0.29) is 0 Å². The minimum Gasteiger partial charge on any atom is -0.389 e. The quantitative estimate of drug-likeness (QED) is 0.845. The molecule has 1 rings (SSSR count). The van der Waals surface area contributed by atoms with Crippen molar-refractivity contribution in [2.45, 2.75) is 0 Å². The van der Waals surface area contributed by atoms with Crippen LogP contribution < -0.4 is 10.6 Å². The molecule has 16 heavy (non-hydrogen) atoms. The smallest absolute Gasteiger partial charge is 0.104 e. The first-order valence-electron chi connectivity index (χ1n) is 4.85. The maximum absolute atomic E-state index is 5.58. The van der Waals surface area contributed by atoms with Gasteiger partial charge in [-0.25, -0.2) is 0 Å². The Balaban J connectivity index is 2.85. The predicted molar refractivity (Wildman–Crippen MR) is 81.7 cm³/mol. The van der Waals surface area contributed by atoms with Crippen LogP contribution in [0.4, 0.5) is 5.69 Å². The summed E-state index contributed by atoms with van der Waals surface area (Å²) >= 11 is 10.3. The Hall–Kier alpha value is -0.260. The standard InChI is InChI=1S/C11H15BrN2S2/c1-14(5-6-16-2)10-4-3-8(11(13)15)7-9(10)12/h3-4,7H,5-6H2,1-2H3,(H2,13,15). The molecule has 0 amide bonds. The molecule has 0 unspecified atom stereocenters. The third-order valence-corrected chi connectivity index (χ3v) is 3.74. The Kier molecular flexibility index (Phi) is 5.58. The molecule has 0 aliphatic rings. The summed E-state index contributed by atoms with van der Waals surface area (Å²) in [5, 5.41) is 0. The van der Waals surface area contributed by atoms with Crippen LogP contribution in [0.25, 0.3) is 0 Å². The zero-order chi connectivity index (χ0) is 12.1. The summed E-state index contributed by atoms with van der Waals surface area (Å²) in [7, 11) is 2.08. The largest absolute Gasteiger partial charge is 0.389 e. The van der Waals surface area contributed by atoms with Gasteiger partial charge in [0.25, 0.3) is 0 Å². The fourth-order valence-corrected chi connectivity index (χ4v) is 2.58. The Morgan fingerprint density at radius 2 is 2.25 bits per heavy atom. The van der Waals surface area contributed by atoms with E-state index in [1.165, 1.54) is 0 Å². The minimum absolute atomic E-state index is 0.430. The lowest BCUT2D eigenvalue weighted by Gasteiger charge is -2.20. The van der Waals surface area contributed by atoms with Crippen LogP contribution in [0.5, 0.6) is 0 Å². The second kappa shape index (κ2) is 6.47. The molecule has 0 saturated carbocycles. The van der Waals surface area contributed by atoms with Gasteiger partial charge in [-0.15, -0.1) is 0 Å². The van der Waals surface area contributed by atoms with Gasteiger partial charge < -0.3 is 10.6 Å². The number of halogens is 1. The zero-order valence-electron chi connectivity index (χ0n) is 9.37. The Labute approximate surface area is 115 Å². The van der Waals surface area contributed by atoms with E-state index in [1.807, 2.05) is 30.0 Å². The third-order valence-electron chi connectivity index (χ3n) is 2.27. The third kappa shape index (κ3) is 3.64. The van der Waals surface area contributed by atoms with Crippen molar-refractivity contribution in [2.75, 3.05) is 30.5 Å². The van der Waals surface area contributed by atoms with Gasteiger partial charge in [-0.05, 0) is 40.4 Å². The first-order valence-corrected chi connectivity index (χ1v) is 7.45. The van der Waals surface area contributed by atoms with E-state index in [0.717, 1.165) is 28.0 Å². The summed E-state index contributed by atoms with van der Waals surface area (Å²) in [6.07, 6.45) is 2.11. The van der Waals surface area contributed by atoms with Gasteiger partial charge in [0.05, 0.1) is 5.69 Å². The molecule has 0 aliphatic carbocycles. The lowest BCUT2D eigenvalue weighted by atomic mass is 10.2. The van der Waals surface area contributed by atoms with Crippen LogP contribution in [-0.2, 0) is 0 Å². The van der Waals surface area contributed by atoms with Gasteiger partial charge in [-0.3, -0.25) is 0 Å². The molecule has 0 heterocycles. The van der Waals surface area contributed by atoms with E-state index in [2.05, 4.69) is 34.1 Å². The Morgan fingerprint density at radius 1 is 1.56 bits per heavy atom. The highest BCUT2D eigenvalue weighted by molar-refractivity contribution is 9.10.